The maximum atomic E-state index is 14.5. The lowest BCUT2D eigenvalue weighted by atomic mass is 9.85. The molecule has 1 aromatic carbocycles. The molecule has 0 atom stereocenters. The molecule has 0 aliphatic rings. The number of halogens is 6. The van der Waals surface area contributed by atoms with Crippen molar-refractivity contribution in [2.24, 2.45) is 0 Å². The summed E-state index contributed by atoms with van der Waals surface area (Å²) in [7, 11) is -14.2. The zero-order valence-electron chi connectivity index (χ0n) is 21.1. The Morgan fingerprint density at radius 3 is 1.46 bits per heavy atom. The molecule has 0 bridgehead atoms. The highest BCUT2D eigenvalue weighted by atomic mass is 32.2. The number of hydrogen-bond acceptors (Lipinski definition) is 7. The topological polar surface area (TPSA) is 116 Å². The first kappa shape index (κ1) is 33.4. The van der Waals surface area contributed by atoms with Gasteiger partial charge in [0.05, 0.1) is 25.4 Å². The fourth-order valence-corrected chi connectivity index (χ4v) is 4.17. The molecule has 0 spiro atoms. The van der Waals surface area contributed by atoms with E-state index in [0.29, 0.717) is 5.56 Å². The minimum atomic E-state index is -7.17. The Morgan fingerprint density at radius 1 is 0.784 bits per heavy atom. The molecule has 0 aromatic heterocycles. The average molecular weight is 589 g/mol. The molecule has 0 aliphatic carbocycles. The highest BCUT2D eigenvalue weighted by Crippen LogP contribution is 2.51. The SMILES string of the molecule is CC(C)OCc1cc(C(C)(C)C)cc(COC(C)C)c1OS(=O)(=O)C(F)(F)C(F)(F)C(F)(F)S(=O)(=O)O. The summed E-state index contributed by atoms with van der Waals surface area (Å²) in [6.45, 7) is 10.7. The molecule has 0 heterocycles. The largest absolute Gasteiger partial charge is 0.450 e. The highest BCUT2D eigenvalue weighted by Gasteiger charge is 2.83. The van der Waals surface area contributed by atoms with Crippen LogP contribution in [0.2, 0.25) is 0 Å². The van der Waals surface area contributed by atoms with Gasteiger partial charge in [-0.2, -0.15) is 43.2 Å². The van der Waals surface area contributed by atoms with Crippen LogP contribution in [0.4, 0.5) is 26.3 Å². The van der Waals surface area contributed by atoms with E-state index in [1.807, 2.05) is 0 Å². The van der Waals surface area contributed by atoms with Crippen LogP contribution in [-0.4, -0.2) is 50.0 Å². The van der Waals surface area contributed by atoms with Crippen molar-refractivity contribution in [3.8, 4) is 5.75 Å². The van der Waals surface area contributed by atoms with Gasteiger partial charge in [-0.3, -0.25) is 4.55 Å². The van der Waals surface area contributed by atoms with E-state index in [4.69, 9.17) is 14.0 Å². The first-order valence-electron chi connectivity index (χ1n) is 10.7. The predicted octanol–water partition coefficient (Wildman–Crippen LogP) is 5.25. The summed E-state index contributed by atoms with van der Waals surface area (Å²) in [5, 5.41) is -13.7. The molecule has 0 aliphatic heterocycles. The molecule has 0 saturated heterocycles. The van der Waals surface area contributed by atoms with E-state index in [0.717, 1.165) is 0 Å². The van der Waals surface area contributed by atoms with E-state index in [2.05, 4.69) is 4.18 Å². The van der Waals surface area contributed by atoms with Gasteiger partial charge in [0, 0.05) is 11.1 Å². The molecule has 37 heavy (non-hydrogen) atoms. The van der Waals surface area contributed by atoms with Crippen LogP contribution in [0.1, 0.15) is 65.2 Å². The van der Waals surface area contributed by atoms with Crippen LogP contribution in [0, 0.1) is 0 Å². The van der Waals surface area contributed by atoms with Crippen LogP contribution in [0.15, 0.2) is 12.1 Å². The fourth-order valence-electron chi connectivity index (χ4n) is 2.67. The fraction of sp³-hybridized carbons (Fsp3) is 0.714. The lowest BCUT2D eigenvalue weighted by Crippen LogP contribution is -2.61. The summed E-state index contributed by atoms with van der Waals surface area (Å²) in [6, 6.07) is 2.60. The molecule has 16 heteroatoms. The number of alkyl halides is 6. The maximum absolute atomic E-state index is 14.5. The lowest BCUT2D eigenvalue weighted by molar-refractivity contribution is -0.247. The van der Waals surface area contributed by atoms with Gasteiger partial charge < -0.3 is 13.7 Å². The smallest absolute Gasteiger partial charge is 0.377 e. The van der Waals surface area contributed by atoms with Crippen molar-refractivity contribution in [3.05, 3.63) is 28.8 Å². The van der Waals surface area contributed by atoms with Crippen molar-refractivity contribution in [2.75, 3.05) is 0 Å². The minimum Gasteiger partial charge on any atom is -0.377 e. The maximum Gasteiger partial charge on any atom is 0.450 e. The van der Waals surface area contributed by atoms with Gasteiger partial charge in [0.15, 0.2) is 5.75 Å². The summed E-state index contributed by atoms with van der Waals surface area (Å²) in [6.07, 6.45) is -0.949. The molecule has 1 rings (SSSR count). The Balaban J connectivity index is 3.85. The first-order chi connectivity index (χ1) is 16.3. The van der Waals surface area contributed by atoms with Gasteiger partial charge in [-0.15, -0.1) is 0 Å². The van der Waals surface area contributed by atoms with Crippen molar-refractivity contribution in [2.45, 2.75) is 95.7 Å². The normalized spacial score (nSPS) is 14.5. The van der Waals surface area contributed by atoms with Crippen LogP contribution in [0.5, 0.6) is 5.75 Å². The van der Waals surface area contributed by atoms with Crippen molar-refractivity contribution < 1.29 is 61.4 Å². The van der Waals surface area contributed by atoms with Gasteiger partial charge in [-0.05, 0) is 50.8 Å². The van der Waals surface area contributed by atoms with Gasteiger partial charge in [-0.1, -0.05) is 20.8 Å². The highest BCUT2D eigenvalue weighted by molar-refractivity contribution is 7.88. The Kier molecular flexibility index (Phi) is 9.81. The zero-order valence-corrected chi connectivity index (χ0v) is 22.7. The molecule has 0 saturated carbocycles. The van der Waals surface area contributed by atoms with E-state index in [-0.39, 0.29) is 11.1 Å². The van der Waals surface area contributed by atoms with E-state index < -0.39 is 73.3 Å². The third-order valence-corrected chi connectivity index (χ3v) is 6.99. The van der Waals surface area contributed by atoms with Crippen LogP contribution in [0.3, 0.4) is 0 Å². The second-order valence-electron chi connectivity index (χ2n) is 9.71. The lowest BCUT2D eigenvalue weighted by Gasteiger charge is -2.30. The first-order valence-corrected chi connectivity index (χ1v) is 13.6. The standard InChI is InChI=1S/C21H30F6O8S2/c1-12(2)33-10-14-8-16(18(5,6)7)9-15(11-34-13(3)4)17(14)35-37(31,32)21(26,27)19(22,23)20(24,25)36(28,29)30/h8-9,12-13H,10-11H2,1-7H3,(H,28,29,30). The molecule has 1 N–H and O–H groups in total. The van der Waals surface area contributed by atoms with Gasteiger partial charge in [0.25, 0.3) is 0 Å². The van der Waals surface area contributed by atoms with Crippen molar-refractivity contribution in [3.63, 3.8) is 0 Å². The number of hydrogen-bond donors (Lipinski definition) is 1. The Morgan fingerprint density at radius 2 is 1.16 bits per heavy atom. The molecule has 216 valence electrons. The predicted molar refractivity (Wildman–Crippen MR) is 121 cm³/mol. The number of benzene rings is 1. The van der Waals surface area contributed by atoms with Gasteiger partial charge in [-0.25, -0.2) is 0 Å². The number of rotatable bonds is 12. The summed E-state index contributed by atoms with van der Waals surface area (Å²) >= 11 is 0. The Bertz CT molecular complexity index is 1140. The van der Waals surface area contributed by atoms with Crippen LogP contribution >= 0.6 is 0 Å². The van der Waals surface area contributed by atoms with E-state index in [9.17, 15) is 43.2 Å². The van der Waals surface area contributed by atoms with E-state index in [1.54, 1.807) is 48.5 Å². The second kappa shape index (κ2) is 10.9. The second-order valence-corrected chi connectivity index (χ2v) is 12.8. The quantitative estimate of drug-likeness (QED) is 0.200. The van der Waals surface area contributed by atoms with Gasteiger partial charge in [0.1, 0.15) is 0 Å². The van der Waals surface area contributed by atoms with Crippen LogP contribution in [0.25, 0.3) is 0 Å². The van der Waals surface area contributed by atoms with Crippen molar-refractivity contribution in [1.29, 1.82) is 0 Å². The van der Waals surface area contributed by atoms with E-state index in [1.165, 1.54) is 12.1 Å². The number of ether oxygens (including phenoxy) is 2. The summed E-state index contributed by atoms with van der Waals surface area (Å²) in [4.78, 5) is 0. The summed E-state index contributed by atoms with van der Waals surface area (Å²) in [5.74, 6) is -8.08. The zero-order chi connectivity index (χ0) is 29.4. The molecular formula is C21H30F6O8S2. The van der Waals surface area contributed by atoms with Crippen molar-refractivity contribution in [1.82, 2.24) is 0 Å². The minimum absolute atomic E-state index is 0.215. The van der Waals surface area contributed by atoms with Crippen LogP contribution in [-0.2, 0) is 48.3 Å². The third-order valence-electron chi connectivity index (χ3n) is 4.82. The molecule has 1 aromatic rings. The molecule has 8 nitrogen and oxygen atoms in total. The third kappa shape index (κ3) is 7.07. The Labute approximate surface area is 212 Å². The average Bonchev–Trinajstić information content (AvgIpc) is 2.69. The Hall–Kier alpha value is -1.62. The van der Waals surface area contributed by atoms with Gasteiger partial charge >= 0.3 is 36.7 Å². The molecule has 0 fully saturated rings. The summed E-state index contributed by atoms with van der Waals surface area (Å²) in [5.41, 5.74) is -0.525. The van der Waals surface area contributed by atoms with Gasteiger partial charge in [0.2, 0.25) is 0 Å². The van der Waals surface area contributed by atoms with Crippen molar-refractivity contribution >= 4 is 20.2 Å². The molecule has 0 radical (unpaired) electrons. The molecule has 0 unspecified atom stereocenters. The monoisotopic (exact) mass is 588 g/mol. The van der Waals surface area contributed by atoms with Crippen LogP contribution < -0.4 is 4.18 Å². The summed E-state index contributed by atoms with van der Waals surface area (Å²) < 4.78 is 154. The molecular weight excluding hydrogens is 558 g/mol. The molecule has 0 amide bonds. The van der Waals surface area contributed by atoms with E-state index >= 15 is 0 Å².